The van der Waals surface area contributed by atoms with Crippen LogP contribution in [0.3, 0.4) is 0 Å². The van der Waals surface area contributed by atoms with Crippen molar-refractivity contribution in [3.05, 3.63) is 17.5 Å². The lowest BCUT2D eigenvalue weighted by Crippen LogP contribution is -2.31. The molecule has 1 aromatic rings. The fraction of sp³-hybridized carbons (Fsp3) is 0.500. The van der Waals surface area contributed by atoms with Crippen LogP contribution in [0.2, 0.25) is 0 Å². The molecule has 0 atom stereocenters. The van der Waals surface area contributed by atoms with E-state index in [0.717, 1.165) is 5.69 Å². The Bertz CT molecular complexity index is 402. The van der Waals surface area contributed by atoms with Crippen molar-refractivity contribution < 1.29 is 4.79 Å². The third-order valence-electron chi connectivity index (χ3n) is 2.40. The number of nitrogens with zero attached hydrogens (tertiary/aromatic N) is 4. The minimum Gasteiger partial charge on any atom is -0.325 e. The highest BCUT2D eigenvalue weighted by Crippen LogP contribution is 2.09. The molecule has 5 nitrogen and oxygen atoms in total. The number of carbonyl (C=O) groups is 1. The van der Waals surface area contributed by atoms with Gasteiger partial charge < -0.3 is 4.90 Å². The van der Waals surface area contributed by atoms with Gasteiger partial charge in [0.15, 0.2) is 0 Å². The van der Waals surface area contributed by atoms with Gasteiger partial charge in [-0.1, -0.05) is 0 Å². The largest absolute Gasteiger partial charge is 0.325 e. The molecule has 0 saturated carbocycles. The van der Waals surface area contributed by atoms with Crippen LogP contribution in [-0.4, -0.2) is 33.7 Å². The summed E-state index contributed by atoms with van der Waals surface area (Å²) < 4.78 is 1.65. The van der Waals surface area contributed by atoms with Gasteiger partial charge in [-0.2, -0.15) is 10.4 Å². The van der Waals surface area contributed by atoms with Crippen molar-refractivity contribution in [1.82, 2.24) is 14.7 Å². The fourth-order valence-corrected chi connectivity index (χ4v) is 1.29. The molecule has 1 heterocycles. The number of hydrogen-bond acceptors (Lipinski definition) is 3. The van der Waals surface area contributed by atoms with E-state index in [1.54, 1.807) is 11.7 Å². The SMILES string of the molecule is CCN(CC#N)C(=O)c1cnn(C)c1C. The van der Waals surface area contributed by atoms with Gasteiger partial charge in [-0.3, -0.25) is 9.48 Å². The van der Waals surface area contributed by atoms with E-state index in [4.69, 9.17) is 5.26 Å². The molecule has 0 aromatic carbocycles. The number of amides is 1. The van der Waals surface area contributed by atoms with Gasteiger partial charge in [0.05, 0.1) is 17.8 Å². The van der Waals surface area contributed by atoms with Crippen LogP contribution in [0.1, 0.15) is 23.0 Å². The maximum Gasteiger partial charge on any atom is 0.258 e. The zero-order chi connectivity index (χ0) is 11.4. The number of nitriles is 1. The van der Waals surface area contributed by atoms with Crippen molar-refractivity contribution in [2.24, 2.45) is 7.05 Å². The molecule has 1 rings (SSSR count). The molecule has 0 spiro atoms. The van der Waals surface area contributed by atoms with Gasteiger partial charge >= 0.3 is 0 Å². The lowest BCUT2D eigenvalue weighted by Gasteiger charge is -2.16. The zero-order valence-electron chi connectivity index (χ0n) is 9.19. The summed E-state index contributed by atoms with van der Waals surface area (Å²) >= 11 is 0. The van der Waals surface area contributed by atoms with Crippen LogP contribution in [0.25, 0.3) is 0 Å². The van der Waals surface area contributed by atoms with Crippen molar-refractivity contribution in [2.75, 3.05) is 13.1 Å². The maximum absolute atomic E-state index is 11.9. The van der Waals surface area contributed by atoms with Crippen molar-refractivity contribution >= 4 is 5.91 Å². The van der Waals surface area contributed by atoms with Crippen LogP contribution in [0.5, 0.6) is 0 Å². The molecule has 0 aliphatic carbocycles. The molecule has 0 radical (unpaired) electrons. The minimum atomic E-state index is -0.135. The zero-order valence-corrected chi connectivity index (χ0v) is 9.19. The Balaban J connectivity index is 2.93. The molecule has 0 N–H and O–H groups in total. The summed E-state index contributed by atoms with van der Waals surface area (Å²) in [5.74, 6) is -0.135. The lowest BCUT2D eigenvalue weighted by molar-refractivity contribution is 0.0783. The highest BCUT2D eigenvalue weighted by atomic mass is 16.2. The standard InChI is InChI=1S/C10H14N4O/c1-4-14(6-5-11)10(15)9-7-12-13(3)8(9)2/h7H,4,6H2,1-3H3. The Kier molecular flexibility index (Phi) is 3.45. The number of hydrogen-bond donors (Lipinski definition) is 0. The molecule has 80 valence electrons. The molecule has 1 amide bonds. The first-order chi connectivity index (χ1) is 7.11. The normalized spacial score (nSPS) is 9.73. The van der Waals surface area contributed by atoms with E-state index in [0.29, 0.717) is 12.1 Å². The molecule has 0 aliphatic heterocycles. The van der Waals surface area contributed by atoms with Crippen LogP contribution in [0.15, 0.2) is 6.20 Å². The first-order valence-electron chi connectivity index (χ1n) is 4.76. The van der Waals surface area contributed by atoms with E-state index < -0.39 is 0 Å². The van der Waals surface area contributed by atoms with Gasteiger partial charge in [-0.05, 0) is 13.8 Å². The van der Waals surface area contributed by atoms with Crippen LogP contribution in [-0.2, 0) is 7.05 Å². The first kappa shape index (κ1) is 11.2. The van der Waals surface area contributed by atoms with Gasteiger partial charge in [0.1, 0.15) is 6.54 Å². The molecule has 1 aromatic heterocycles. The van der Waals surface area contributed by atoms with Crippen LogP contribution in [0.4, 0.5) is 0 Å². The highest BCUT2D eigenvalue weighted by molar-refractivity contribution is 5.95. The van der Waals surface area contributed by atoms with E-state index in [1.807, 2.05) is 19.9 Å². The third-order valence-corrected chi connectivity index (χ3v) is 2.40. The van der Waals surface area contributed by atoms with Gasteiger partial charge in [-0.25, -0.2) is 0 Å². The molecular formula is C10H14N4O. The van der Waals surface area contributed by atoms with Gasteiger partial charge in [0.2, 0.25) is 0 Å². The summed E-state index contributed by atoms with van der Waals surface area (Å²) in [6, 6.07) is 1.97. The molecular weight excluding hydrogens is 192 g/mol. The van der Waals surface area contributed by atoms with Crippen LogP contribution in [0, 0.1) is 18.3 Å². The number of carbonyl (C=O) groups excluding carboxylic acids is 1. The van der Waals surface area contributed by atoms with Crippen molar-refractivity contribution in [3.8, 4) is 6.07 Å². The second kappa shape index (κ2) is 4.60. The predicted octanol–water partition coefficient (Wildman–Crippen LogP) is 0.714. The minimum absolute atomic E-state index is 0.115. The van der Waals surface area contributed by atoms with Crippen molar-refractivity contribution in [1.29, 1.82) is 5.26 Å². The predicted molar refractivity (Wildman–Crippen MR) is 55.1 cm³/mol. The molecule has 0 saturated heterocycles. The summed E-state index contributed by atoms with van der Waals surface area (Å²) in [6.45, 7) is 4.33. The summed E-state index contributed by atoms with van der Waals surface area (Å²) in [4.78, 5) is 13.4. The first-order valence-corrected chi connectivity index (χ1v) is 4.76. The van der Waals surface area contributed by atoms with E-state index >= 15 is 0 Å². The second-order valence-corrected chi connectivity index (χ2v) is 3.24. The maximum atomic E-state index is 11.9. The highest BCUT2D eigenvalue weighted by Gasteiger charge is 2.18. The monoisotopic (exact) mass is 206 g/mol. The van der Waals surface area contributed by atoms with Crippen molar-refractivity contribution in [3.63, 3.8) is 0 Å². The van der Waals surface area contributed by atoms with Crippen LogP contribution < -0.4 is 0 Å². The summed E-state index contributed by atoms with van der Waals surface area (Å²) in [5, 5.41) is 12.6. The Labute approximate surface area is 88.9 Å². The second-order valence-electron chi connectivity index (χ2n) is 3.24. The Morgan fingerprint density at radius 3 is 2.80 bits per heavy atom. The lowest BCUT2D eigenvalue weighted by atomic mass is 10.2. The number of aryl methyl sites for hydroxylation is 1. The molecule has 15 heavy (non-hydrogen) atoms. The Morgan fingerprint density at radius 2 is 2.40 bits per heavy atom. The Morgan fingerprint density at radius 1 is 1.73 bits per heavy atom. The third kappa shape index (κ3) is 2.15. The average molecular weight is 206 g/mol. The van der Waals surface area contributed by atoms with Gasteiger partial charge in [0, 0.05) is 19.3 Å². The fourth-order valence-electron chi connectivity index (χ4n) is 1.29. The molecule has 0 bridgehead atoms. The average Bonchev–Trinajstić information content (AvgIpc) is 2.55. The van der Waals surface area contributed by atoms with Gasteiger partial charge in [-0.15, -0.1) is 0 Å². The summed E-state index contributed by atoms with van der Waals surface area (Å²) in [6.07, 6.45) is 1.54. The molecule has 0 aliphatic rings. The topological polar surface area (TPSA) is 61.9 Å². The Hall–Kier alpha value is -1.83. The van der Waals surface area contributed by atoms with Crippen LogP contribution >= 0.6 is 0 Å². The van der Waals surface area contributed by atoms with Crippen molar-refractivity contribution in [2.45, 2.75) is 13.8 Å². The quantitative estimate of drug-likeness (QED) is 0.684. The van der Waals surface area contributed by atoms with E-state index in [2.05, 4.69) is 5.10 Å². The van der Waals surface area contributed by atoms with E-state index in [9.17, 15) is 4.79 Å². The smallest absolute Gasteiger partial charge is 0.258 e. The van der Waals surface area contributed by atoms with E-state index in [-0.39, 0.29) is 12.5 Å². The molecule has 0 fully saturated rings. The number of rotatable bonds is 3. The summed E-state index contributed by atoms with van der Waals surface area (Å²) in [5.41, 5.74) is 1.38. The molecule has 0 unspecified atom stereocenters. The number of aromatic nitrogens is 2. The summed E-state index contributed by atoms with van der Waals surface area (Å²) in [7, 11) is 1.78. The molecule has 5 heteroatoms. The van der Waals surface area contributed by atoms with Gasteiger partial charge in [0.25, 0.3) is 5.91 Å². The van der Waals surface area contributed by atoms with E-state index in [1.165, 1.54) is 11.1 Å².